The van der Waals surface area contributed by atoms with E-state index in [0.717, 1.165) is 19.3 Å². The number of hydrogen-bond donors (Lipinski definition) is 2. The Bertz CT molecular complexity index is 516. The number of hydrogen-bond acceptors (Lipinski definition) is 4. The third-order valence-corrected chi connectivity index (χ3v) is 4.24. The minimum absolute atomic E-state index is 0.144. The van der Waals surface area contributed by atoms with E-state index in [0.29, 0.717) is 5.69 Å². The van der Waals surface area contributed by atoms with Gasteiger partial charge in [0.15, 0.2) is 0 Å². The molecule has 0 aliphatic heterocycles. The van der Waals surface area contributed by atoms with Crippen molar-refractivity contribution in [3.8, 4) is 0 Å². The molecule has 0 saturated heterocycles. The standard InChI is InChI=1S/C12H18N2O3S/c1-17-10-7-6-9(8-10)14-11-4-2-3-5-12(11)18(13,15)16/h2-5,9-10,14H,6-8H2,1H3,(H2,13,15,16). The van der Waals surface area contributed by atoms with E-state index in [1.807, 2.05) is 0 Å². The maximum atomic E-state index is 11.5. The molecule has 1 saturated carbocycles. The fourth-order valence-electron chi connectivity index (χ4n) is 2.34. The Hall–Kier alpha value is -1.11. The average Bonchev–Trinajstić information content (AvgIpc) is 2.76. The van der Waals surface area contributed by atoms with Crippen LogP contribution in [0, 0.1) is 0 Å². The van der Waals surface area contributed by atoms with Crippen molar-refractivity contribution in [2.24, 2.45) is 5.14 Å². The molecule has 1 aliphatic carbocycles. The Labute approximate surface area is 107 Å². The van der Waals surface area contributed by atoms with Gasteiger partial charge in [-0.3, -0.25) is 0 Å². The SMILES string of the molecule is COC1CCC(Nc2ccccc2S(N)(=O)=O)C1. The van der Waals surface area contributed by atoms with Gasteiger partial charge in [-0.15, -0.1) is 0 Å². The van der Waals surface area contributed by atoms with Gasteiger partial charge in [0.25, 0.3) is 0 Å². The van der Waals surface area contributed by atoms with Gasteiger partial charge < -0.3 is 10.1 Å². The van der Waals surface area contributed by atoms with Crippen molar-refractivity contribution < 1.29 is 13.2 Å². The zero-order valence-corrected chi connectivity index (χ0v) is 11.1. The summed E-state index contributed by atoms with van der Waals surface area (Å²) in [5, 5.41) is 8.43. The molecule has 1 aromatic rings. The third kappa shape index (κ3) is 3.01. The van der Waals surface area contributed by atoms with E-state index >= 15 is 0 Å². The highest BCUT2D eigenvalue weighted by atomic mass is 32.2. The number of primary sulfonamides is 1. The maximum Gasteiger partial charge on any atom is 0.240 e. The summed E-state index contributed by atoms with van der Waals surface area (Å²) >= 11 is 0. The monoisotopic (exact) mass is 270 g/mol. The summed E-state index contributed by atoms with van der Waals surface area (Å²) in [6.45, 7) is 0. The summed E-state index contributed by atoms with van der Waals surface area (Å²) in [5.74, 6) is 0. The predicted molar refractivity (Wildman–Crippen MR) is 69.9 cm³/mol. The molecule has 5 nitrogen and oxygen atoms in total. The lowest BCUT2D eigenvalue weighted by Gasteiger charge is -2.16. The number of nitrogens with one attached hydrogen (secondary N) is 1. The first-order valence-electron chi connectivity index (χ1n) is 5.92. The number of rotatable bonds is 4. The van der Waals surface area contributed by atoms with E-state index in [2.05, 4.69) is 5.32 Å². The summed E-state index contributed by atoms with van der Waals surface area (Å²) in [6, 6.07) is 6.94. The molecule has 0 radical (unpaired) electrons. The molecule has 2 rings (SSSR count). The predicted octanol–water partition coefficient (Wildman–Crippen LogP) is 1.31. The Balaban J connectivity index is 2.15. The zero-order chi connectivity index (χ0) is 13.2. The first kappa shape index (κ1) is 13.3. The van der Waals surface area contributed by atoms with Crippen LogP contribution in [0.15, 0.2) is 29.2 Å². The molecule has 3 N–H and O–H groups in total. The minimum Gasteiger partial charge on any atom is -0.381 e. The van der Waals surface area contributed by atoms with Crippen molar-refractivity contribution in [2.75, 3.05) is 12.4 Å². The second-order valence-corrected chi connectivity index (χ2v) is 6.08. The Morgan fingerprint density at radius 1 is 1.33 bits per heavy atom. The van der Waals surface area contributed by atoms with Crippen LogP contribution in [0.4, 0.5) is 5.69 Å². The van der Waals surface area contributed by atoms with Crippen molar-refractivity contribution in [1.29, 1.82) is 0 Å². The van der Waals surface area contributed by atoms with E-state index in [-0.39, 0.29) is 17.0 Å². The van der Waals surface area contributed by atoms with Crippen LogP contribution in [0.25, 0.3) is 0 Å². The van der Waals surface area contributed by atoms with Gasteiger partial charge in [-0.2, -0.15) is 0 Å². The van der Waals surface area contributed by atoms with Crippen LogP contribution < -0.4 is 10.5 Å². The minimum atomic E-state index is -3.69. The number of para-hydroxylation sites is 1. The molecule has 1 aromatic carbocycles. The molecule has 18 heavy (non-hydrogen) atoms. The molecule has 0 bridgehead atoms. The Morgan fingerprint density at radius 3 is 2.67 bits per heavy atom. The highest BCUT2D eigenvalue weighted by Crippen LogP contribution is 2.27. The van der Waals surface area contributed by atoms with E-state index in [9.17, 15) is 8.42 Å². The first-order valence-corrected chi connectivity index (χ1v) is 7.46. The molecule has 2 unspecified atom stereocenters. The highest BCUT2D eigenvalue weighted by molar-refractivity contribution is 7.89. The van der Waals surface area contributed by atoms with Crippen molar-refractivity contribution in [2.45, 2.75) is 36.3 Å². The van der Waals surface area contributed by atoms with E-state index < -0.39 is 10.0 Å². The number of ether oxygens (including phenoxy) is 1. The fourth-order valence-corrected chi connectivity index (χ4v) is 3.04. The summed E-state index contributed by atoms with van der Waals surface area (Å²) in [7, 11) is -1.99. The molecule has 2 atom stereocenters. The number of anilines is 1. The van der Waals surface area contributed by atoms with Crippen LogP contribution in [-0.4, -0.2) is 27.7 Å². The van der Waals surface area contributed by atoms with Gasteiger partial charge in [0.05, 0.1) is 11.8 Å². The number of methoxy groups -OCH3 is 1. The zero-order valence-electron chi connectivity index (χ0n) is 10.3. The van der Waals surface area contributed by atoms with Gasteiger partial charge >= 0.3 is 0 Å². The molecule has 0 amide bonds. The van der Waals surface area contributed by atoms with Crippen LogP contribution in [0.1, 0.15) is 19.3 Å². The largest absolute Gasteiger partial charge is 0.381 e. The van der Waals surface area contributed by atoms with Crippen molar-refractivity contribution in [3.05, 3.63) is 24.3 Å². The van der Waals surface area contributed by atoms with Crippen LogP contribution in [0.2, 0.25) is 0 Å². The van der Waals surface area contributed by atoms with Gasteiger partial charge in [-0.25, -0.2) is 13.6 Å². The molecule has 0 spiro atoms. The lowest BCUT2D eigenvalue weighted by atomic mass is 10.2. The first-order chi connectivity index (χ1) is 8.50. The van der Waals surface area contributed by atoms with Crippen molar-refractivity contribution in [1.82, 2.24) is 0 Å². The molecule has 100 valence electrons. The number of nitrogens with two attached hydrogens (primary N) is 1. The van der Waals surface area contributed by atoms with Crippen LogP contribution >= 0.6 is 0 Å². The van der Waals surface area contributed by atoms with Crippen LogP contribution in [-0.2, 0) is 14.8 Å². The second-order valence-electron chi connectivity index (χ2n) is 4.55. The molecular weight excluding hydrogens is 252 g/mol. The molecular formula is C12H18N2O3S. The van der Waals surface area contributed by atoms with Gasteiger partial charge in [0.2, 0.25) is 10.0 Å². The molecule has 0 aromatic heterocycles. The topological polar surface area (TPSA) is 81.4 Å². The second kappa shape index (κ2) is 5.26. The quantitative estimate of drug-likeness (QED) is 0.864. The highest BCUT2D eigenvalue weighted by Gasteiger charge is 2.25. The summed E-state index contributed by atoms with van der Waals surface area (Å²) in [6.07, 6.45) is 3.10. The lowest BCUT2D eigenvalue weighted by molar-refractivity contribution is 0.108. The van der Waals surface area contributed by atoms with Crippen LogP contribution in [0.3, 0.4) is 0 Å². The van der Waals surface area contributed by atoms with E-state index in [1.54, 1.807) is 25.3 Å². The smallest absolute Gasteiger partial charge is 0.240 e. The summed E-state index contributed by atoms with van der Waals surface area (Å²) < 4.78 is 28.2. The Kier molecular flexibility index (Phi) is 3.89. The Morgan fingerprint density at radius 2 is 2.06 bits per heavy atom. The third-order valence-electron chi connectivity index (χ3n) is 3.27. The molecule has 0 heterocycles. The summed E-state index contributed by atoms with van der Waals surface area (Å²) in [5.41, 5.74) is 0.571. The molecule has 1 fully saturated rings. The van der Waals surface area contributed by atoms with Gasteiger partial charge in [0, 0.05) is 13.2 Å². The van der Waals surface area contributed by atoms with Crippen molar-refractivity contribution in [3.63, 3.8) is 0 Å². The maximum absolute atomic E-state index is 11.5. The van der Waals surface area contributed by atoms with Gasteiger partial charge in [-0.05, 0) is 31.4 Å². The van der Waals surface area contributed by atoms with E-state index in [1.165, 1.54) is 6.07 Å². The normalized spacial score (nSPS) is 24.1. The van der Waals surface area contributed by atoms with Gasteiger partial charge in [0.1, 0.15) is 4.90 Å². The van der Waals surface area contributed by atoms with E-state index in [4.69, 9.17) is 9.88 Å². The van der Waals surface area contributed by atoms with Gasteiger partial charge in [-0.1, -0.05) is 12.1 Å². The average molecular weight is 270 g/mol. The molecule has 6 heteroatoms. The summed E-state index contributed by atoms with van der Waals surface area (Å²) in [4.78, 5) is 0.144. The van der Waals surface area contributed by atoms with Crippen LogP contribution in [0.5, 0.6) is 0 Å². The fraction of sp³-hybridized carbons (Fsp3) is 0.500. The number of sulfonamides is 1. The lowest BCUT2D eigenvalue weighted by Crippen LogP contribution is -2.21. The number of benzene rings is 1. The molecule has 1 aliphatic rings. The van der Waals surface area contributed by atoms with Crippen molar-refractivity contribution >= 4 is 15.7 Å².